The second kappa shape index (κ2) is 5.83. The standard InChI is InChI=1S/C14H9F5N4O2/c15-4-9-10-11(20-13(25)21-12(10)24)23(22-9)5-6-1-2-7(8(16)3-6)14(17,18)19/h1-3H,4-5H2,(H2,20,21,24,25). The predicted octanol–water partition coefficient (Wildman–Crippen LogP) is 2.50. The molecule has 0 fully saturated rings. The molecule has 0 saturated heterocycles. The summed E-state index contributed by atoms with van der Waals surface area (Å²) in [5, 5.41) is 13.0. The number of H-pyrrole nitrogens is 1. The molecular formula is C14H9F5N4O2. The summed E-state index contributed by atoms with van der Waals surface area (Å²) in [7, 11) is 0. The first kappa shape index (κ1) is 16.9. The number of aromatic hydroxyl groups is 1. The largest absolute Gasteiger partial charge is 0.480 e. The molecule has 3 rings (SSSR count). The predicted molar refractivity (Wildman–Crippen MR) is 75.1 cm³/mol. The fourth-order valence-electron chi connectivity index (χ4n) is 2.40. The molecule has 0 radical (unpaired) electrons. The van der Waals surface area contributed by atoms with Crippen LogP contribution >= 0.6 is 0 Å². The summed E-state index contributed by atoms with van der Waals surface area (Å²) < 4.78 is 65.4. The molecule has 0 aliphatic carbocycles. The fraction of sp³-hybridized carbons (Fsp3) is 0.214. The van der Waals surface area contributed by atoms with Gasteiger partial charge in [0, 0.05) is 0 Å². The van der Waals surface area contributed by atoms with E-state index in [1.807, 2.05) is 4.98 Å². The Morgan fingerprint density at radius 3 is 2.60 bits per heavy atom. The van der Waals surface area contributed by atoms with Gasteiger partial charge in [-0.3, -0.25) is 9.78 Å². The van der Waals surface area contributed by atoms with Gasteiger partial charge >= 0.3 is 6.18 Å². The molecule has 25 heavy (non-hydrogen) atoms. The fourth-order valence-corrected chi connectivity index (χ4v) is 2.40. The van der Waals surface area contributed by atoms with E-state index in [1.165, 1.54) is 0 Å². The Balaban J connectivity index is 2.07. The minimum absolute atomic E-state index is 0.0851. The third-order valence-corrected chi connectivity index (χ3v) is 3.46. The highest BCUT2D eigenvalue weighted by Gasteiger charge is 2.33. The number of nitrogens with zero attached hydrogens (tertiary/aromatic N) is 3. The Labute approximate surface area is 135 Å². The van der Waals surface area contributed by atoms with Crippen LogP contribution in [0.15, 0.2) is 23.0 Å². The van der Waals surface area contributed by atoms with Crippen LogP contribution in [0.4, 0.5) is 22.0 Å². The number of aromatic amines is 1. The van der Waals surface area contributed by atoms with Gasteiger partial charge in [0.2, 0.25) is 0 Å². The van der Waals surface area contributed by atoms with Gasteiger partial charge in [-0.05, 0) is 17.7 Å². The Morgan fingerprint density at radius 1 is 1.28 bits per heavy atom. The number of fused-ring (bicyclic) bond motifs is 1. The van der Waals surface area contributed by atoms with Gasteiger partial charge in [0.05, 0.1) is 12.1 Å². The minimum atomic E-state index is -4.83. The van der Waals surface area contributed by atoms with Crippen molar-refractivity contribution < 1.29 is 27.1 Å². The van der Waals surface area contributed by atoms with E-state index in [-0.39, 0.29) is 28.8 Å². The quantitative estimate of drug-likeness (QED) is 0.703. The first-order valence-corrected chi connectivity index (χ1v) is 6.81. The maximum absolute atomic E-state index is 13.6. The lowest BCUT2D eigenvalue weighted by molar-refractivity contribution is -0.140. The van der Waals surface area contributed by atoms with Crippen molar-refractivity contribution >= 4 is 11.0 Å². The van der Waals surface area contributed by atoms with Gasteiger partial charge in [-0.15, -0.1) is 0 Å². The zero-order valence-corrected chi connectivity index (χ0v) is 12.2. The van der Waals surface area contributed by atoms with Gasteiger partial charge in [-0.25, -0.2) is 13.5 Å². The van der Waals surface area contributed by atoms with E-state index in [2.05, 4.69) is 10.1 Å². The number of benzene rings is 1. The van der Waals surface area contributed by atoms with E-state index in [0.29, 0.717) is 12.1 Å². The Kier molecular flexibility index (Phi) is 3.93. The number of alkyl halides is 4. The normalized spacial score (nSPS) is 12.0. The highest BCUT2D eigenvalue weighted by Crippen LogP contribution is 2.31. The Hall–Kier alpha value is -2.98. The SMILES string of the molecule is O=c1[nH]c(O)nc2c1c(CF)nn2Cc1ccc(C(F)(F)F)c(F)c1. The summed E-state index contributed by atoms with van der Waals surface area (Å²) in [5.41, 5.74) is -2.58. The topological polar surface area (TPSA) is 83.8 Å². The van der Waals surface area contributed by atoms with Crippen molar-refractivity contribution in [1.82, 2.24) is 19.7 Å². The van der Waals surface area contributed by atoms with E-state index in [0.717, 1.165) is 10.7 Å². The van der Waals surface area contributed by atoms with E-state index >= 15 is 0 Å². The average Bonchev–Trinajstić information content (AvgIpc) is 2.84. The molecule has 2 aromatic heterocycles. The molecule has 6 nitrogen and oxygen atoms in total. The van der Waals surface area contributed by atoms with Crippen molar-refractivity contribution in [2.24, 2.45) is 0 Å². The molecular weight excluding hydrogens is 351 g/mol. The molecule has 3 aromatic rings. The third-order valence-electron chi connectivity index (χ3n) is 3.46. The number of aromatic nitrogens is 4. The molecule has 0 unspecified atom stereocenters. The van der Waals surface area contributed by atoms with E-state index < -0.39 is 35.8 Å². The number of halogens is 5. The Morgan fingerprint density at radius 2 is 2.00 bits per heavy atom. The first-order chi connectivity index (χ1) is 11.7. The summed E-state index contributed by atoms with van der Waals surface area (Å²) >= 11 is 0. The minimum Gasteiger partial charge on any atom is -0.480 e. The molecule has 0 aliphatic heterocycles. The van der Waals surface area contributed by atoms with Crippen LogP contribution in [0, 0.1) is 5.82 Å². The number of hydrogen-bond acceptors (Lipinski definition) is 4. The van der Waals surface area contributed by atoms with Crippen LogP contribution in [-0.4, -0.2) is 24.9 Å². The van der Waals surface area contributed by atoms with Gasteiger partial charge in [-0.2, -0.15) is 23.3 Å². The van der Waals surface area contributed by atoms with E-state index in [1.54, 1.807) is 0 Å². The molecule has 11 heteroatoms. The number of hydrogen-bond donors (Lipinski definition) is 2. The van der Waals surface area contributed by atoms with Gasteiger partial charge in [0.1, 0.15) is 23.6 Å². The molecule has 0 spiro atoms. The summed E-state index contributed by atoms with van der Waals surface area (Å²) in [4.78, 5) is 17.4. The molecule has 0 bridgehead atoms. The van der Waals surface area contributed by atoms with Crippen molar-refractivity contribution in [1.29, 1.82) is 0 Å². The van der Waals surface area contributed by atoms with Crippen molar-refractivity contribution in [2.75, 3.05) is 0 Å². The van der Waals surface area contributed by atoms with Crippen LogP contribution in [0.3, 0.4) is 0 Å². The van der Waals surface area contributed by atoms with Gasteiger partial charge in [0.15, 0.2) is 5.65 Å². The maximum Gasteiger partial charge on any atom is 0.419 e. The number of rotatable bonds is 3. The highest BCUT2D eigenvalue weighted by molar-refractivity contribution is 5.77. The molecule has 1 aromatic carbocycles. The molecule has 0 amide bonds. The van der Waals surface area contributed by atoms with Gasteiger partial charge < -0.3 is 5.11 Å². The third kappa shape index (κ3) is 3.04. The molecule has 2 N–H and O–H groups in total. The molecule has 132 valence electrons. The van der Waals surface area contributed by atoms with Crippen molar-refractivity contribution in [3.05, 3.63) is 51.2 Å². The van der Waals surface area contributed by atoms with Crippen LogP contribution in [0.2, 0.25) is 0 Å². The summed E-state index contributed by atoms with van der Waals surface area (Å²) in [6, 6.07) is 1.53. The van der Waals surface area contributed by atoms with Crippen LogP contribution in [0.25, 0.3) is 11.0 Å². The van der Waals surface area contributed by atoms with E-state index in [4.69, 9.17) is 0 Å². The molecule has 0 aliphatic rings. The van der Waals surface area contributed by atoms with Crippen molar-refractivity contribution in [3.8, 4) is 6.01 Å². The second-order valence-corrected chi connectivity index (χ2v) is 5.14. The zero-order valence-electron chi connectivity index (χ0n) is 12.2. The van der Waals surface area contributed by atoms with Crippen molar-refractivity contribution in [3.63, 3.8) is 0 Å². The smallest absolute Gasteiger partial charge is 0.419 e. The van der Waals surface area contributed by atoms with Gasteiger partial charge in [0.25, 0.3) is 11.6 Å². The van der Waals surface area contributed by atoms with Gasteiger partial charge in [-0.1, -0.05) is 6.07 Å². The monoisotopic (exact) mass is 360 g/mol. The van der Waals surface area contributed by atoms with Crippen molar-refractivity contribution in [2.45, 2.75) is 19.4 Å². The van der Waals surface area contributed by atoms with E-state index in [9.17, 15) is 31.9 Å². The summed E-state index contributed by atoms with van der Waals surface area (Å²) in [6.45, 7) is -1.37. The molecule has 2 heterocycles. The Bertz CT molecular complexity index is 1010. The maximum atomic E-state index is 13.6. The zero-order chi connectivity index (χ0) is 18.4. The lowest BCUT2D eigenvalue weighted by Gasteiger charge is -2.09. The van der Waals surface area contributed by atoms with Crippen LogP contribution in [0.1, 0.15) is 16.8 Å². The lowest BCUT2D eigenvalue weighted by Crippen LogP contribution is -2.11. The average molecular weight is 360 g/mol. The van der Waals surface area contributed by atoms with Crippen LogP contribution in [0.5, 0.6) is 6.01 Å². The summed E-state index contributed by atoms with van der Waals surface area (Å²) in [5.74, 6) is -1.47. The molecule has 0 atom stereocenters. The highest BCUT2D eigenvalue weighted by atomic mass is 19.4. The molecule has 0 saturated carbocycles. The lowest BCUT2D eigenvalue weighted by atomic mass is 10.1. The van der Waals surface area contributed by atoms with Crippen LogP contribution < -0.4 is 5.56 Å². The summed E-state index contributed by atoms with van der Waals surface area (Å²) in [6.07, 6.45) is -4.83. The second-order valence-electron chi connectivity index (χ2n) is 5.14. The first-order valence-electron chi connectivity index (χ1n) is 6.81. The van der Waals surface area contributed by atoms with Crippen LogP contribution in [-0.2, 0) is 19.4 Å². The number of nitrogens with one attached hydrogen (secondary N) is 1.